The lowest BCUT2D eigenvalue weighted by Crippen LogP contribution is -2.04. The summed E-state index contributed by atoms with van der Waals surface area (Å²) in [5.74, 6) is -2.17. The number of carbonyl (C=O) groups is 1. The van der Waals surface area contributed by atoms with Crippen molar-refractivity contribution < 1.29 is 18.7 Å². The van der Waals surface area contributed by atoms with Gasteiger partial charge in [-0.05, 0) is 36.4 Å². The van der Waals surface area contributed by atoms with Gasteiger partial charge in [-0.15, -0.1) is 0 Å². The molecular formula is C13H8F2O2. The highest BCUT2D eigenvalue weighted by molar-refractivity contribution is 6.09. The number of ketones is 1. The maximum atomic E-state index is 13.4. The van der Waals surface area contributed by atoms with Crippen LogP contribution in [0.4, 0.5) is 8.78 Å². The van der Waals surface area contributed by atoms with Crippen LogP contribution in [0.2, 0.25) is 0 Å². The van der Waals surface area contributed by atoms with E-state index >= 15 is 0 Å². The molecule has 0 heterocycles. The number of carbonyl (C=O) groups excluding carboxylic acids is 1. The van der Waals surface area contributed by atoms with Crippen LogP contribution in [-0.4, -0.2) is 10.9 Å². The molecule has 0 spiro atoms. The van der Waals surface area contributed by atoms with E-state index in [4.69, 9.17) is 5.11 Å². The first-order chi connectivity index (χ1) is 8.08. The Kier molecular flexibility index (Phi) is 2.87. The van der Waals surface area contributed by atoms with Crippen molar-refractivity contribution >= 4 is 5.78 Å². The molecule has 0 aliphatic carbocycles. The summed E-state index contributed by atoms with van der Waals surface area (Å²) in [6.07, 6.45) is 0. The van der Waals surface area contributed by atoms with E-state index in [-0.39, 0.29) is 16.9 Å². The molecule has 0 atom stereocenters. The Bertz CT molecular complexity index is 562. The van der Waals surface area contributed by atoms with Gasteiger partial charge in [-0.25, -0.2) is 8.78 Å². The summed E-state index contributed by atoms with van der Waals surface area (Å²) in [7, 11) is 0. The van der Waals surface area contributed by atoms with Crippen LogP contribution in [0.1, 0.15) is 15.9 Å². The second-order valence-corrected chi connectivity index (χ2v) is 3.50. The third kappa shape index (κ3) is 2.30. The van der Waals surface area contributed by atoms with E-state index in [1.165, 1.54) is 24.3 Å². The molecule has 86 valence electrons. The van der Waals surface area contributed by atoms with Gasteiger partial charge in [0.2, 0.25) is 0 Å². The van der Waals surface area contributed by atoms with Crippen molar-refractivity contribution in [1.29, 1.82) is 0 Å². The highest BCUT2D eigenvalue weighted by atomic mass is 19.1. The Morgan fingerprint density at radius 3 is 2.24 bits per heavy atom. The lowest BCUT2D eigenvalue weighted by atomic mass is 10.0. The fraction of sp³-hybridized carbons (Fsp3) is 0. The van der Waals surface area contributed by atoms with Gasteiger partial charge in [0, 0.05) is 11.6 Å². The van der Waals surface area contributed by atoms with Crippen LogP contribution in [0.5, 0.6) is 5.75 Å². The van der Waals surface area contributed by atoms with Gasteiger partial charge in [-0.2, -0.15) is 0 Å². The monoisotopic (exact) mass is 234 g/mol. The number of rotatable bonds is 2. The van der Waals surface area contributed by atoms with E-state index in [0.29, 0.717) is 6.07 Å². The Labute approximate surface area is 96.1 Å². The molecule has 1 N–H and O–H groups in total. The SMILES string of the molecule is O=C(c1ccc(O)cc1)c1ccc(F)cc1F. The number of halogens is 2. The van der Waals surface area contributed by atoms with E-state index in [0.717, 1.165) is 12.1 Å². The lowest BCUT2D eigenvalue weighted by molar-refractivity contribution is 0.103. The number of phenolic OH excluding ortho intramolecular Hbond substituents is 1. The van der Waals surface area contributed by atoms with Gasteiger partial charge in [-0.3, -0.25) is 4.79 Å². The molecule has 0 radical (unpaired) electrons. The summed E-state index contributed by atoms with van der Waals surface area (Å²) >= 11 is 0. The molecule has 0 saturated carbocycles. The average molecular weight is 234 g/mol. The van der Waals surface area contributed by atoms with Crippen molar-refractivity contribution in [2.75, 3.05) is 0 Å². The van der Waals surface area contributed by atoms with Crippen LogP contribution < -0.4 is 0 Å². The van der Waals surface area contributed by atoms with E-state index in [2.05, 4.69) is 0 Å². The molecule has 17 heavy (non-hydrogen) atoms. The van der Waals surface area contributed by atoms with Crippen molar-refractivity contribution in [2.24, 2.45) is 0 Å². The molecule has 0 amide bonds. The number of aromatic hydroxyl groups is 1. The fourth-order valence-corrected chi connectivity index (χ4v) is 1.44. The highest BCUT2D eigenvalue weighted by Gasteiger charge is 2.14. The second-order valence-electron chi connectivity index (χ2n) is 3.50. The van der Waals surface area contributed by atoms with E-state index in [1.807, 2.05) is 0 Å². The summed E-state index contributed by atoms with van der Waals surface area (Å²) in [6, 6.07) is 8.19. The zero-order valence-electron chi connectivity index (χ0n) is 8.65. The van der Waals surface area contributed by atoms with Crippen molar-refractivity contribution in [2.45, 2.75) is 0 Å². The minimum absolute atomic E-state index is 0.0149. The maximum Gasteiger partial charge on any atom is 0.195 e. The Morgan fingerprint density at radius 2 is 1.65 bits per heavy atom. The topological polar surface area (TPSA) is 37.3 Å². The standard InChI is InChI=1S/C13H8F2O2/c14-9-3-6-11(12(15)7-9)13(17)8-1-4-10(16)5-2-8/h1-7,16H. The van der Waals surface area contributed by atoms with E-state index in [1.54, 1.807) is 0 Å². The third-order valence-corrected chi connectivity index (χ3v) is 2.31. The van der Waals surface area contributed by atoms with Crippen molar-refractivity contribution in [3.05, 3.63) is 65.2 Å². The molecular weight excluding hydrogens is 226 g/mol. The van der Waals surface area contributed by atoms with Crippen LogP contribution in [0.25, 0.3) is 0 Å². The smallest absolute Gasteiger partial charge is 0.195 e. The summed E-state index contributed by atoms with van der Waals surface area (Å²) < 4.78 is 26.0. The van der Waals surface area contributed by atoms with Crippen LogP contribution in [-0.2, 0) is 0 Å². The fourth-order valence-electron chi connectivity index (χ4n) is 1.44. The van der Waals surface area contributed by atoms with Crippen molar-refractivity contribution in [3.8, 4) is 5.75 Å². The Balaban J connectivity index is 2.40. The van der Waals surface area contributed by atoms with Gasteiger partial charge >= 0.3 is 0 Å². The Morgan fingerprint density at radius 1 is 1.00 bits per heavy atom. The molecule has 2 nitrogen and oxygen atoms in total. The predicted octanol–water partition coefficient (Wildman–Crippen LogP) is 2.90. The third-order valence-electron chi connectivity index (χ3n) is 2.31. The van der Waals surface area contributed by atoms with Crippen LogP contribution in [0, 0.1) is 11.6 Å². The number of hydrogen-bond acceptors (Lipinski definition) is 2. The molecule has 2 aromatic carbocycles. The minimum atomic E-state index is -0.900. The van der Waals surface area contributed by atoms with Gasteiger partial charge in [0.05, 0.1) is 5.56 Å². The van der Waals surface area contributed by atoms with Crippen LogP contribution in [0.15, 0.2) is 42.5 Å². The predicted molar refractivity (Wildman–Crippen MR) is 57.9 cm³/mol. The zero-order chi connectivity index (χ0) is 12.4. The molecule has 0 aromatic heterocycles. The van der Waals surface area contributed by atoms with E-state index < -0.39 is 17.4 Å². The quantitative estimate of drug-likeness (QED) is 0.811. The van der Waals surface area contributed by atoms with Crippen molar-refractivity contribution in [3.63, 3.8) is 0 Å². The average Bonchev–Trinajstić information content (AvgIpc) is 2.29. The summed E-state index contributed by atoms with van der Waals surface area (Å²) in [5, 5.41) is 9.07. The first-order valence-corrected chi connectivity index (χ1v) is 4.87. The normalized spacial score (nSPS) is 10.2. The zero-order valence-corrected chi connectivity index (χ0v) is 8.65. The first kappa shape index (κ1) is 11.3. The summed E-state index contributed by atoms with van der Waals surface area (Å²) in [5.41, 5.74) is 0.0328. The van der Waals surface area contributed by atoms with E-state index in [9.17, 15) is 13.6 Å². The minimum Gasteiger partial charge on any atom is -0.508 e. The summed E-state index contributed by atoms with van der Waals surface area (Å²) in [6.45, 7) is 0. The molecule has 0 aliphatic rings. The van der Waals surface area contributed by atoms with Gasteiger partial charge < -0.3 is 5.11 Å². The van der Waals surface area contributed by atoms with Gasteiger partial charge in [-0.1, -0.05) is 0 Å². The number of hydrogen-bond donors (Lipinski definition) is 1. The molecule has 0 saturated heterocycles. The molecule has 4 heteroatoms. The van der Waals surface area contributed by atoms with Crippen LogP contribution >= 0.6 is 0 Å². The summed E-state index contributed by atoms with van der Waals surface area (Å²) in [4.78, 5) is 11.8. The number of benzene rings is 2. The van der Waals surface area contributed by atoms with Gasteiger partial charge in [0.15, 0.2) is 5.78 Å². The molecule has 0 fully saturated rings. The maximum absolute atomic E-state index is 13.4. The van der Waals surface area contributed by atoms with Gasteiger partial charge in [0.1, 0.15) is 17.4 Å². The largest absolute Gasteiger partial charge is 0.508 e. The van der Waals surface area contributed by atoms with Crippen LogP contribution in [0.3, 0.4) is 0 Å². The van der Waals surface area contributed by atoms with Gasteiger partial charge in [0.25, 0.3) is 0 Å². The molecule has 2 rings (SSSR count). The van der Waals surface area contributed by atoms with Crippen molar-refractivity contribution in [1.82, 2.24) is 0 Å². The molecule has 0 aliphatic heterocycles. The first-order valence-electron chi connectivity index (χ1n) is 4.87. The molecule has 2 aromatic rings. The molecule has 0 bridgehead atoms. The number of phenols is 1. The Hall–Kier alpha value is -2.23. The lowest BCUT2D eigenvalue weighted by Gasteiger charge is -2.03. The highest BCUT2D eigenvalue weighted by Crippen LogP contribution is 2.17. The molecule has 0 unspecified atom stereocenters. The second kappa shape index (κ2) is 4.33.